The number of fused-ring (bicyclic) bond motifs is 1. The molecule has 2 heterocycles. The Morgan fingerprint density at radius 3 is 2.95 bits per heavy atom. The molecule has 0 aliphatic carbocycles. The number of aliphatic hydroxyl groups is 1. The summed E-state index contributed by atoms with van der Waals surface area (Å²) in [5.41, 5.74) is -1.52. The summed E-state index contributed by atoms with van der Waals surface area (Å²) in [5.74, 6) is -0.535. The smallest absolute Gasteiger partial charge is 0.271 e. The van der Waals surface area contributed by atoms with Gasteiger partial charge in [0.1, 0.15) is 5.56 Å². The molecular formula is C13H18N4O3S. The minimum Gasteiger partial charge on any atom is -0.387 e. The Labute approximate surface area is 125 Å². The van der Waals surface area contributed by atoms with E-state index in [1.807, 2.05) is 19.0 Å². The van der Waals surface area contributed by atoms with Crippen LogP contribution in [0.5, 0.6) is 0 Å². The molecule has 0 saturated carbocycles. The third-order valence-electron chi connectivity index (χ3n) is 2.87. The summed E-state index contributed by atoms with van der Waals surface area (Å²) in [4.78, 5) is 30.6. The van der Waals surface area contributed by atoms with E-state index < -0.39 is 17.1 Å². The van der Waals surface area contributed by atoms with Gasteiger partial charge >= 0.3 is 0 Å². The normalized spacial score (nSPS) is 14.3. The zero-order chi connectivity index (χ0) is 15.6. The average Bonchev–Trinajstić information content (AvgIpc) is 2.84. The second kappa shape index (κ2) is 5.92. The molecule has 0 fully saturated rings. The lowest BCUT2D eigenvalue weighted by atomic mass is 10.1. The van der Waals surface area contributed by atoms with Gasteiger partial charge in [-0.1, -0.05) is 0 Å². The van der Waals surface area contributed by atoms with Crippen LogP contribution in [0, 0.1) is 0 Å². The van der Waals surface area contributed by atoms with Crippen molar-refractivity contribution in [1.82, 2.24) is 19.6 Å². The van der Waals surface area contributed by atoms with Gasteiger partial charge in [-0.2, -0.15) is 0 Å². The first-order chi connectivity index (χ1) is 9.80. The van der Waals surface area contributed by atoms with Crippen molar-refractivity contribution in [3.05, 3.63) is 33.7 Å². The van der Waals surface area contributed by atoms with Crippen molar-refractivity contribution in [2.75, 3.05) is 27.2 Å². The first-order valence-corrected chi connectivity index (χ1v) is 7.28. The molecular weight excluding hydrogens is 292 g/mol. The van der Waals surface area contributed by atoms with Crippen LogP contribution in [0.3, 0.4) is 0 Å². The van der Waals surface area contributed by atoms with Gasteiger partial charge in [-0.3, -0.25) is 14.0 Å². The molecule has 0 saturated heterocycles. The minimum absolute atomic E-state index is 0.0356. The number of amides is 1. The third kappa shape index (κ3) is 3.66. The molecule has 2 rings (SSSR count). The van der Waals surface area contributed by atoms with Crippen LogP contribution in [-0.2, 0) is 0 Å². The molecule has 0 aliphatic heterocycles. The Balaban J connectivity index is 2.12. The number of hydrogen-bond acceptors (Lipinski definition) is 6. The van der Waals surface area contributed by atoms with Gasteiger partial charge in [-0.05, 0) is 21.0 Å². The molecule has 114 valence electrons. The molecule has 1 unspecified atom stereocenters. The maximum atomic E-state index is 12.1. The Hall–Kier alpha value is -1.77. The van der Waals surface area contributed by atoms with E-state index in [-0.39, 0.29) is 12.1 Å². The van der Waals surface area contributed by atoms with E-state index in [0.717, 1.165) is 0 Å². The minimum atomic E-state index is -1.07. The zero-order valence-electron chi connectivity index (χ0n) is 12.2. The highest BCUT2D eigenvalue weighted by molar-refractivity contribution is 7.15. The number of nitrogens with zero attached hydrogens (tertiary/aromatic N) is 3. The maximum Gasteiger partial charge on any atom is 0.271 e. The lowest BCUT2D eigenvalue weighted by molar-refractivity contribution is 0.0325. The van der Waals surface area contributed by atoms with E-state index in [1.165, 1.54) is 21.9 Å². The number of carbonyl (C=O) groups is 1. The van der Waals surface area contributed by atoms with Crippen molar-refractivity contribution in [1.29, 1.82) is 0 Å². The van der Waals surface area contributed by atoms with E-state index >= 15 is 0 Å². The number of aromatic nitrogens is 2. The van der Waals surface area contributed by atoms with Crippen LogP contribution < -0.4 is 10.9 Å². The molecule has 0 aliphatic rings. The van der Waals surface area contributed by atoms with Gasteiger partial charge in [0, 0.05) is 30.9 Å². The zero-order valence-corrected chi connectivity index (χ0v) is 13.0. The summed E-state index contributed by atoms with van der Waals surface area (Å²) in [6.45, 7) is 2.07. The summed E-state index contributed by atoms with van der Waals surface area (Å²) >= 11 is 1.32. The lowest BCUT2D eigenvalue weighted by Gasteiger charge is -2.26. The first-order valence-electron chi connectivity index (χ1n) is 6.40. The van der Waals surface area contributed by atoms with Crippen LogP contribution in [0.4, 0.5) is 0 Å². The second-order valence-corrected chi connectivity index (χ2v) is 6.32. The lowest BCUT2D eigenvalue weighted by Crippen LogP contribution is -2.47. The van der Waals surface area contributed by atoms with Crippen LogP contribution >= 0.6 is 11.3 Å². The highest BCUT2D eigenvalue weighted by Gasteiger charge is 2.23. The van der Waals surface area contributed by atoms with Crippen molar-refractivity contribution < 1.29 is 9.90 Å². The monoisotopic (exact) mass is 310 g/mol. The van der Waals surface area contributed by atoms with Crippen molar-refractivity contribution in [2.24, 2.45) is 0 Å². The van der Waals surface area contributed by atoms with E-state index in [1.54, 1.807) is 18.5 Å². The predicted octanol–water partition coefficient (Wildman–Crippen LogP) is -0.202. The molecule has 1 amide bonds. The Morgan fingerprint density at radius 2 is 2.29 bits per heavy atom. The molecule has 2 N–H and O–H groups in total. The van der Waals surface area contributed by atoms with Crippen molar-refractivity contribution >= 4 is 22.2 Å². The summed E-state index contributed by atoms with van der Waals surface area (Å²) < 4.78 is 1.33. The van der Waals surface area contributed by atoms with E-state index in [4.69, 9.17) is 0 Å². The van der Waals surface area contributed by atoms with Crippen LogP contribution in [-0.4, -0.2) is 58.1 Å². The van der Waals surface area contributed by atoms with Crippen LogP contribution in [0.15, 0.2) is 22.6 Å². The molecule has 2 aromatic heterocycles. The first kappa shape index (κ1) is 15.6. The third-order valence-corrected chi connectivity index (χ3v) is 3.64. The van der Waals surface area contributed by atoms with Gasteiger partial charge < -0.3 is 15.3 Å². The van der Waals surface area contributed by atoms with Gasteiger partial charge in [-0.25, -0.2) is 4.98 Å². The average molecular weight is 310 g/mol. The van der Waals surface area contributed by atoms with Gasteiger partial charge in [0.25, 0.3) is 11.5 Å². The summed E-state index contributed by atoms with van der Waals surface area (Å²) in [5, 5.41) is 14.4. The van der Waals surface area contributed by atoms with Crippen LogP contribution in [0.25, 0.3) is 4.96 Å². The van der Waals surface area contributed by atoms with Crippen LogP contribution in [0.2, 0.25) is 0 Å². The Kier molecular flexibility index (Phi) is 4.40. The number of nitrogens with one attached hydrogen (secondary N) is 1. The number of rotatable bonds is 5. The molecule has 0 radical (unpaired) electrons. The highest BCUT2D eigenvalue weighted by Crippen LogP contribution is 2.06. The molecule has 7 nitrogen and oxygen atoms in total. The summed E-state index contributed by atoms with van der Waals surface area (Å²) in [7, 11) is 3.66. The Bertz CT molecular complexity index is 705. The standard InChI is InChI=1S/C13H18N4O3S/c1-13(20,8-16(2)3)7-15-10(18)9-6-14-12-17(11(9)19)4-5-21-12/h4-6,20H,7-8H2,1-3H3,(H,15,18). The molecule has 2 aromatic rings. The molecule has 1 atom stereocenters. The molecule has 21 heavy (non-hydrogen) atoms. The largest absolute Gasteiger partial charge is 0.387 e. The van der Waals surface area contributed by atoms with E-state index in [0.29, 0.717) is 11.5 Å². The van der Waals surface area contributed by atoms with Crippen molar-refractivity contribution in [3.8, 4) is 0 Å². The fraction of sp³-hybridized carbons (Fsp3) is 0.462. The van der Waals surface area contributed by atoms with Gasteiger partial charge in [0.2, 0.25) is 0 Å². The SMILES string of the molecule is CN(C)CC(C)(O)CNC(=O)c1cnc2sccn2c1=O. The van der Waals surface area contributed by atoms with Gasteiger partial charge in [0.05, 0.1) is 5.60 Å². The molecule has 0 bridgehead atoms. The van der Waals surface area contributed by atoms with E-state index in [2.05, 4.69) is 10.3 Å². The fourth-order valence-corrected chi connectivity index (χ4v) is 2.76. The van der Waals surface area contributed by atoms with Crippen molar-refractivity contribution in [2.45, 2.75) is 12.5 Å². The molecule has 0 spiro atoms. The summed E-state index contributed by atoms with van der Waals surface area (Å²) in [6.07, 6.45) is 2.85. The number of hydrogen-bond donors (Lipinski definition) is 2. The van der Waals surface area contributed by atoms with Gasteiger partial charge in [0.15, 0.2) is 4.96 Å². The van der Waals surface area contributed by atoms with E-state index in [9.17, 15) is 14.7 Å². The van der Waals surface area contributed by atoms with Crippen molar-refractivity contribution in [3.63, 3.8) is 0 Å². The van der Waals surface area contributed by atoms with Crippen LogP contribution in [0.1, 0.15) is 17.3 Å². The number of likely N-dealkylation sites (N-methyl/N-ethyl adjacent to an activating group) is 1. The predicted molar refractivity (Wildman–Crippen MR) is 80.9 cm³/mol. The Morgan fingerprint density at radius 1 is 1.57 bits per heavy atom. The fourth-order valence-electron chi connectivity index (χ4n) is 2.08. The number of thiazole rings is 1. The maximum absolute atomic E-state index is 12.1. The summed E-state index contributed by atoms with van der Waals surface area (Å²) in [6, 6.07) is 0. The molecule has 8 heteroatoms. The second-order valence-electron chi connectivity index (χ2n) is 5.45. The quantitative estimate of drug-likeness (QED) is 0.798. The van der Waals surface area contributed by atoms with Gasteiger partial charge in [-0.15, -0.1) is 11.3 Å². The highest BCUT2D eigenvalue weighted by atomic mass is 32.1. The topological polar surface area (TPSA) is 86.9 Å². The molecule has 0 aromatic carbocycles. The number of carbonyl (C=O) groups excluding carboxylic acids is 1.